The molecule has 4 nitrogen and oxygen atoms in total. The van der Waals surface area contributed by atoms with Gasteiger partial charge in [0.1, 0.15) is 0 Å². The van der Waals surface area contributed by atoms with Crippen LogP contribution >= 0.6 is 12.2 Å². The standard InChI is InChI=1S/C16H13N3OS/c17-14-15(21)19(13-9-5-2-6-10-13)16(20)18(14)11-12-7-3-1-4-8-12/h1-10,17H,11H2. The van der Waals surface area contributed by atoms with Gasteiger partial charge in [0, 0.05) is 0 Å². The van der Waals surface area contributed by atoms with Crippen molar-refractivity contribution in [3.8, 4) is 0 Å². The lowest BCUT2D eigenvalue weighted by molar-refractivity contribution is 0.231. The number of anilines is 1. The molecule has 2 aromatic carbocycles. The number of hydrogen-bond donors (Lipinski definition) is 1. The number of nitrogens with zero attached hydrogens (tertiary/aromatic N) is 2. The minimum atomic E-state index is -0.278. The van der Waals surface area contributed by atoms with Crippen LogP contribution in [0.5, 0.6) is 0 Å². The van der Waals surface area contributed by atoms with Gasteiger partial charge in [-0.15, -0.1) is 0 Å². The first-order valence-corrected chi connectivity index (χ1v) is 6.93. The minimum absolute atomic E-state index is 0.0720. The third kappa shape index (κ3) is 2.43. The summed E-state index contributed by atoms with van der Waals surface area (Å²) < 4.78 is 0. The fourth-order valence-electron chi connectivity index (χ4n) is 2.24. The second kappa shape index (κ2) is 5.46. The fraction of sp³-hybridized carbons (Fsp3) is 0.0625. The maximum Gasteiger partial charge on any atom is 0.335 e. The molecule has 2 amide bonds. The van der Waals surface area contributed by atoms with E-state index in [2.05, 4.69) is 0 Å². The molecule has 3 rings (SSSR count). The van der Waals surface area contributed by atoms with Crippen LogP contribution in [0.2, 0.25) is 0 Å². The van der Waals surface area contributed by atoms with Gasteiger partial charge in [-0.2, -0.15) is 0 Å². The van der Waals surface area contributed by atoms with Crippen LogP contribution in [0.1, 0.15) is 5.56 Å². The molecular weight excluding hydrogens is 282 g/mol. The van der Waals surface area contributed by atoms with Gasteiger partial charge >= 0.3 is 6.03 Å². The van der Waals surface area contributed by atoms with Crippen LogP contribution in [0.25, 0.3) is 0 Å². The summed E-state index contributed by atoms with van der Waals surface area (Å²) in [6, 6.07) is 18.5. The normalized spacial score (nSPS) is 15.0. The van der Waals surface area contributed by atoms with Crippen molar-refractivity contribution < 1.29 is 4.79 Å². The summed E-state index contributed by atoms with van der Waals surface area (Å²) in [5.74, 6) is 0.0720. The van der Waals surface area contributed by atoms with Crippen molar-refractivity contribution in [2.75, 3.05) is 4.90 Å². The highest BCUT2D eigenvalue weighted by molar-refractivity contribution is 7.82. The Balaban J connectivity index is 1.89. The second-order valence-corrected chi connectivity index (χ2v) is 5.07. The molecule has 1 aliphatic heterocycles. The number of carbonyl (C=O) groups is 1. The van der Waals surface area contributed by atoms with Crippen LogP contribution in [0.3, 0.4) is 0 Å². The molecule has 1 aliphatic rings. The number of hydrogen-bond acceptors (Lipinski definition) is 3. The summed E-state index contributed by atoms with van der Waals surface area (Å²) in [6.45, 7) is 0.349. The van der Waals surface area contributed by atoms with E-state index in [1.807, 2.05) is 60.7 Å². The molecule has 1 saturated heterocycles. The maximum absolute atomic E-state index is 12.6. The number of thiocarbonyl (C=S) groups is 1. The first kappa shape index (κ1) is 13.5. The van der Waals surface area contributed by atoms with Gasteiger partial charge in [-0.25, -0.2) is 9.69 Å². The lowest BCUT2D eigenvalue weighted by atomic mass is 10.2. The average molecular weight is 295 g/mol. The molecule has 0 spiro atoms. The SMILES string of the molecule is N=C1C(=S)N(c2ccccc2)C(=O)N1Cc1ccccc1. The summed E-state index contributed by atoms with van der Waals surface area (Å²) in [7, 11) is 0. The Morgan fingerprint density at radius 3 is 2.14 bits per heavy atom. The smallest absolute Gasteiger partial charge is 0.282 e. The molecule has 21 heavy (non-hydrogen) atoms. The molecule has 0 unspecified atom stereocenters. The fourth-order valence-corrected chi connectivity index (χ4v) is 2.54. The van der Waals surface area contributed by atoms with E-state index in [4.69, 9.17) is 17.6 Å². The monoisotopic (exact) mass is 295 g/mol. The molecule has 104 valence electrons. The van der Waals surface area contributed by atoms with Crippen LogP contribution < -0.4 is 4.90 Å². The Morgan fingerprint density at radius 2 is 1.52 bits per heavy atom. The lowest BCUT2D eigenvalue weighted by Crippen LogP contribution is -2.32. The number of carbonyl (C=O) groups excluding carboxylic acids is 1. The Labute approximate surface area is 128 Å². The molecule has 0 saturated carbocycles. The highest BCUT2D eigenvalue weighted by atomic mass is 32.1. The predicted molar refractivity (Wildman–Crippen MR) is 86.6 cm³/mol. The van der Waals surface area contributed by atoms with E-state index >= 15 is 0 Å². The van der Waals surface area contributed by atoms with Gasteiger partial charge in [0.05, 0.1) is 12.2 Å². The Morgan fingerprint density at radius 1 is 0.952 bits per heavy atom. The summed E-state index contributed by atoms with van der Waals surface area (Å²) in [6.07, 6.45) is 0. The molecular formula is C16H13N3OS. The van der Waals surface area contributed by atoms with Crippen molar-refractivity contribution >= 4 is 34.8 Å². The summed E-state index contributed by atoms with van der Waals surface area (Å²) >= 11 is 5.25. The predicted octanol–water partition coefficient (Wildman–Crippen LogP) is 3.43. The number of amidine groups is 1. The van der Waals surface area contributed by atoms with Gasteiger partial charge in [0.15, 0.2) is 10.8 Å². The molecule has 0 bridgehead atoms. The van der Waals surface area contributed by atoms with E-state index in [0.717, 1.165) is 5.56 Å². The average Bonchev–Trinajstić information content (AvgIpc) is 2.73. The van der Waals surface area contributed by atoms with Crippen molar-refractivity contribution in [3.05, 3.63) is 66.2 Å². The number of para-hydroxylation sites is 1. The third-order valence-electron chi connectivity index (χ3n) is 3.30. The number of rotatable bonds is 3. The second-order valence-electron chi connectivity index (χ2n) is 4.68. The molecule has 0 aromatic heterocycles. The maximum atomic E-state index is 12.6. The number of amides is 2. The van der Waals surface area contributed by atoms with Gasteiger partial charge < -0.3 is 0 Å². The quantitative estimate of drug-likeness (QED) is 0.882. The van der Waals surface area contributed by atoms with Gasteiger partial charge in [0.25, 0.3) is 0 Å². The highest BCUT2D eigenvalue weighted by Crippen LogP contribution is 2.24. The number of nitrogens with one attached hydrogen (secondary N) is 1. The zero-order chi connectivity index (χ0) is 14.8. The lowest BCUT2D eigenvalue weighted by Gasteiger charge is -2.17. The van der Waals surface area contributed by atoms with Crippen molar-refractivity contribution in [2.24, 2.45) is 0 Å². The molecule has 0 atom stereocenters. The summed E-state index contributed by atoms with van der Waals surface area (Å²) in [5.41, 5.74) is 1.65. The highest BCUT2D eigenvalue weighted by Gasteiger charge is 2.39. The van der Waals surface area contributed by atoms with Crippen molar-refractivity contribution in [3.63, 3.8) is 0 Å². The molecule has 1 heterocycles. The third-order valence-corrected chi connectivity index (χ3v) is 3.67. The van der Waals surface area contributed by atoms with Crippen molar-refractivity contribution in [1.29, 1.82) is 5.41 Å². The van der Waals surface area contributed by atoms with Gasteiger partial charge in [0.2, 0.25) is 0 Å². The van der Waals surface area contributed by atoms with E-state index < -0.39 is 0 Å². The van der Waals surface area contributed by atoms with E-state index in [0.29, 0.717) is 12.2 Å². The Kier molecular flexibility index (Phi) is 3.50. The first-order valence-electron chi connectivity index (χ1n) is 6.52. The van der Waals surface area contributed by atoms with Crippen molar-refractivity contribution in [1.82, 2.24) is 4.90 Å². The molecule has 5 heteroatoms. The van der Waals surface area contributed by atoms with Gasteiger partial charge in [-0.3, -0.25) is 10.3 Å². The van der Waals surface area contributed by atoms with Gasteiger partial charge in [-0.1, -0.05) is 60.7 Å². The van der Waals surface area contributed by atoms with Gasteiger partial charge in [-0.05, 0) is 17.7 Å². The number of urea groups is 1. The number of benzene rings is 2. The van der Waals surface area contributed by atoms with E-state index in [9.17, 15) is 4.79 Å². The van der Waals surface area contributed by atoms with E-state index in [1.165, 1.54) is 9.80 Å². The molecule has 2 aromatic rings. The zero-order valence-corrected chi connectivity index (χ0v) is 12.0. The van der Waals surface area contributed by atoms with E-state index in [1.54, 1.807) is 0 Å². The summed E-state index contributed by atoms with van der Waals surface area (Å²) in [4.78, 5) is 15.6. The largest absolute Gasteiger partial charge is 0.335 e. The van der Waals surface area contributed by atoms with Crippen LogP contribution in [0.15, 0.2) is 60.7 Å². The van der Waals surface area contributed by atoms with Crippen LogP contribution in [0, 0.1) is 5.41 Å². The molecule has 0 radical (unpaired) electrons. The minimum Gasteiger partial charge on any atom is -0.282 e. The summed E-state index contributed by atoms with van der Waals surface area (Å²) in [5, 5.41) is 8.09. The van der Waals surface area contributed by atoms with Crippen LogP contribution in [0.4, 0.5) is 10.5 Å². The zero-order valence-electron chi connectivity index (χ0n) is 11.2. The van der Waals surface area contributed by atoms with Crippen molar-refractivity contribution in [2.45, 2.75) is 6.54 Å². The Hall–Kier alpha value is -2.53. The molecule has 1 fully saturated rings. The first-order chi connectivity index (χ1) is 10.2. The topological polar surface area (TPSA) is 47.4 Å². The Bertz CT molecular complexity index is 700. The van der Waals surface area contributed by atoms with Crippen LogP contribution in [-0.4, -0.2) is 21.8 Å². The molecule has 1 N–H and O–H groups in total. The van der Waals surface area contributed by atoms with E-state index in [-0.39, 0.29) is 16.9 Å². The molecule has 0 aliphatic carbocycles. The van der Waals surface area contributed by atoms with Crippen LogP contribution in [-0.2, 0) is 6.54 Å².